The number of piperidine rings is 1. The Labute approximate surface area is 113 Å². The first kappa shape index (κ1) is 13.4. The molecule has 1 saturated heterocycles. The standard InChI is InChI=1S/C14H20N2OS/c1-2-18-12-7-5-6-11(10-12)16-14(17)13-8-3-4-9-15-13/h5-7,10,13,15H,2-4,8-9H2,1H3,(H,16,17). The van der Waals surface area contributed by atoms with E-state index in [9.17, 15) is 4.79 Å². The fraction of sp³-hybridized carbons (Fsp3) is 0.500. The molecule has 2 rings (SSSR count). The minimum absolute atomic E-state index is 0.0266. The highest BCUT2D eigenvalue weighted by Gasteiger charge is 2.20. The number of nitrogens with one attached hydrogen (secondary N) is 2. The molecule has 0 spiro atoms. The van der Waals surface area contributed by atoms with Crippen molar-refractivity contribution in [1.82, 2.24) is 5.32 Å². The Bertz CT molecular complexity index is 403. The lowest BCUT2D eigenvalue weighted by molar-refractivity contribution is -0.118. The summed E-state index contributed by atoms with van der Waals surface area (Å²) in [6.07, 6.45) is 3.25. The highest BCUT2D eigenvalue weighted by Crippen LogP contribution is 2.21. The molecule has 2 N–H and O–H groups in total. The van der Waals surface area contributed by atoms with E-state index in [0.29, 0.717) is 0 Å². The summed E-state index contributed by atoms with van der Waals surface area (Å²) < 4.78 is 0. The van der Waals surface area contributed by atoms with E-state index in [1.165, 1.54) is 11.3 Å². The first-order chi connectivity index (χ1) is 8.79. The summed E-state index contributed by atoms with van der Waals surface area (Å²) in [4.78, 5) is 13.3. The molecule has 0 aliphatic carbocycles. The minimum atomic E-state index is -0.0266. The van der Waals surface area contributed by atoms with Crippen LogP contribution < -0.4 is 10.6 Å². The normalized spacial score (nSPS) is 19.5. The maximum atomic E-state index is 12.1. The van der Waals surface area contributed by atoms with Crippen molar-refractivity contribution >= 4 is 23.4 Å². The first-order valence-corrected chi connectivity index (χ1v) is 7.55. The number of anilines is 1. The highest BCUT2D eigenvalue weighted by atomic mass is 32.2. The van der Waals surface area contributed by atoms with E-state index in [1.54, 1.807) is 11.8 Å². The van der Waals surface area contributed by atoms with Crippen molar-refractivity contribution < 1.29 is 4.79 Å². The molecule has 0 saturated carbocycles. The molecule has 0 radical (unpaired) electrons. The second kappa shape index (κ2) is 6.81. The summed E-state index contributed by atoms with van der Waals surface area (Å²) in [6, 6.07) is 8.01. The molecular formula is C14H20N2OS. The topological polar surface area (TPSA) is 41.1 Å². The highest BCUT2D eigenvalue weighted by molar-refractivity contribution is 7.99. The van der Waals surface area contributed by atoms with Crippen LogP contribution in [0.3, 0.4) is 0 Å². The molecule has 1 aromatic rings. The smallest absolute Gasteiger partial charge is 0.241 e. The summed E-state index contributed by atoms with van der Waals surface area (Å²) in [7, 11) is 0. The van der Waals surface area contributed by atoms with Crippen LogP contribution in [0.25, 0.3) is 0 Å². The van der Waals surface area contributed by atoms with Crippen LogP contribution in [-0.4, -0.2) is 24.2 Å². The van der Waals surface area contributed by atoms with Crippen LogP contribution in [0.15, 0.2) is 29.2 Å². The van der Waals surface area contributed by atoms with Crippen LogP contribution in [0.5, 0.6) is 0 Å². The quantitative estimate of drug-likeness (QED) is 0.822. The predicted molar refractivity (Wildman–Crippen MR) is 77.1 cm³/mol. The van der Waals surface area contributed by atoms with Crippen molar-refractivity contribution in [2.24, 2.45) is 0 Å². The molecule has 4 heteroatoms. The molecule has 1 fully saturated rings. The van der Waals surface area contributed by atoms with E-state index in [-0.39, 0.29) is 11.9 Å². The summed E-state index contributed by atoms with van der Waals surface area (Å²) in [5, 5.41) is 6.26. The summed E-state index contributed by atoms with van der Waals surface area (Å²) in [5.41, 5.74) is 0.894. The van der Waals surface area contributed by atoms with E-state index < -0.39 is 0 Å². The van der Waals surface area contributed by atoms with Gasteiger partial charge in [-0.1, -0.05) is 19.4 Å². The summed E-state index contributed by atoms with van der Waals surface area (Å²) >= 11 is 1.79. The van der Waals surface area contributed by atoms with Gasteiger partial charge in [-0.2, -0.15) is 0 Å². The fourth-order valence-electron chi connectivity index (χ4n) is 2.14. The largest absolute Gasteiger partial charge is 0.325 e. The molecule has 18 heavy (non-hydrogen) atoms. The number of amides is 1. The summed E-state index contributed by atoms with van der Waals surface area (Å²) in [5.74, 6) is 1.13. The molecule has 3 nitrogen and oxygen atoms in total. The van der Waals surface area contributed by atoms with Gasteiger partial charge in [0.15, 0.2) is 0 Å². The second-order valence-corrected chi connectivity index (χ2v) is 5.79. The number of carbonyl (C=O) groups is 1. The Morgan fingerprint density at radius 2 is 2.39 bits per heavy atom. The molecule has 1 unspecified atom stereocenters. The van der Waals surface area contributed by atoms with Gasteiger partial charge in [0, 0.05) is 10.6 Å². The number of benzene rings is 1. The Balaban J connectivity index is 1.95. The number of hydrogen-bond donors (Lipinski definition) is 2. The van der Waals surface area contributed by atoms with Gasteiger partial charge >= 0.3 is 0 Å². The average molecular weight is 264 g/mol. The van der Waals surface area contributed by atoms with Crippen molar-refractivity contribution in [2.75, 3.05) is 17.6 Å². The van der Waals surface area contributed by atoms with Crippen LogP contribution in [0.4, 0.5) is 5.69 Å². The Morgan fingerprint density at radius 3 is 3.11 bits per heavy atom. The molecule has 1 heterocycles. The van der Waals surface area contributed by atoms with Gasteiger partial charge in [0.2, 0.25) is 5.91 Å². The lowest BCUT2D eigenvalue weighted by Gasteiger charge is -2.22. The third-order valence-corrected chi connectivity index (χ3v) is 3.92. The van der Waals surface area contributed by atoms with Crippen molar-refractivity contribution in [3.05, 3.63) is 24.3 Å². The Kier molecular flexibility index (Phi) is 5.08. The summed E-state index contributed by atoms with van der Waals surface area (Å²) in [6.45, 7) is 3.08. The van der Waals surface area contributed by atoms with Gasteiger partial charge in [0.25, 0.3) is 0 Å². The van der Waals surface area contributed by atoms with Gasteiger partial charge < -0.3 is 10.6 Å². The zero-order chi connectivity index (χ0) is 12.8. The van der Waals surface area contributed by atoms with Gasteiger partial charge in [-0.3, -0.25) is 4.79 Å². The second-order valence-electron chi connectivity index (χ2n) is 4.45. The van der Waals surface area contributed by atoms with Crippen LogP contribution in [0, 0.1) is 0 Å². The minimum Gasteiger partial charge on any atom is -0.325 e. The molecule has 1 amide bonds. The number of rotatable bonds is 4. The zero-order valence-electron chi connectivity index (χ0n) is 10.7. The van der Waals surface area contributed by atoms with Crippen LogP contribution in [-0.2, 0) is 4.79 Å². The lowest BCUT2D eigenvalue weighted by atomic mass is 10.0. The monoisotopic (exact) mass is 264 g/mol. The van der Waals surface area contributed by atoms with Gasteiger partial charge in [-0.05, 0) is 43.3 Å². The predicted octanol–water partition coefficient (Wildman–Crippen LogP) is 2.88. The molecule has 1 aromatic carbocycles. The maximum absolute atomic E-state index is 12.1. The van der Waals surface area contributed by atoms with E-state index in [1.807, 2.05) is 18.2 Å². The Morgan fingerprint density at radius 1 is 1.50 bits per heavy atom. The van der Waals surface area contributed by atoms with E-state index in [2.05, 4.69) is 23.6 Å². The number of hydrogen-bond acceptors (Lipinski definition) is 3. The van der Waals surface area contributed by atoms with Crippen molar-refractivity contribution in [3.8, 4) is 0 Å². The average Bonchev–Trinajstić information content (AvgIpc) is 2.40. The van der Waals surface area contributed by atoms with Gasteiger partial charge in [0.1, 0.15) is 0 Å². The van der Waals surface area contributed by atoms with Crippen LogP contribution in [0.1, 0.15) is 26.2 Å². The number of thioether (sulfide) groups is 1. The molecular weight excluding hydrogens is 244 g/mol. The van der Waals surface area contributed by atoms with Crippen molar-refractivity contribution in [2.45, 2.75) is 37.1 Å². The van der Waals surface area contributed by atoms with E-state index in [4.69, 9.17) is 0 Å². The van der Waals surface area contributed by atoms with Gasteiger partial charge in [0.05, 0.1) is 6.04 Å². The first-order valence-electron chi connectivity index (χ1n) is 6.56. The fourth-order valence-corrected chi connectivity index (χ4v) is 2.85. The van der Waals surface area contributed by atoms with Crippen molar-refractivity contribution in [1.29, 1.82) is 0 Å². The maximum Gasteiger partial charge on any atom is 0.241 e. The molecule has 0 aromatic heterocycles. The third-order valence-electron chi connectivity index (χ3n) is 3.04. The van der Waals surface area contributed by atoms with Crippen molar-refractivity contribution in [3.63, 3.8) is 0 Å². The SMILES string of the molecule is CCSc1cccc(NC(=O)C2CCCCN2)c1. The lowest BCUT2D eigenvalue weighted by Crippen LogP contribution is -2.43. The third kappa shape index (κ3) is 3.75. The zero-order valence-corrected chi connectivity index (χ0v) is 11.6. The molecule has 1 aliphatic rings. The van der Waals surface area contributed by atoms with Gasteiger partial charge in [-0.15, -0.1) is 11.8 Å². The van der Waals surface area contributed by atoms with E-state index >= 15 is 0 Å². The molecule has 1 aliphatic heterocycles. The van der Waals surface area contributed by atoms with E-state index in [0.717, 1.165) is 30.8 Å². The van der Waals surface area contributed by atoms with Gasteiger partial charge in [-0.25, -0.2) is 0 Å². The molecule has 98 valence electrons. The molecule has 0 bridgehead atoms. The van der Waals surface area contributed by atoms with Crippen LogP contribution in [0.2, 0.25) is 0 Å². The molecule has 1 atom stereocenters. The number of carbonyl (C=O) groups excluding carboxylic acids is 1. The van der Waals surface area contributed by atoms with Crippen LogP contribution >= 0.6 is 11.8 Å². The Hall–Kier alpha value is -1.00.